The highest BCUT2D eigenvalue weighted by Gasteiger charge is 2.43. The van der Waals surface area contributed by atoms with Crippen LogP contribution in [0, 0.1) is 11.8 Å². The summed E-state index contributed by atoms with van der Waals surface area (Å²) in [5, 5.41) is 3.57. The van der Waals surface area contributed by atoms with Gasteiger partial charge in [-0.3, -0.25) is 10.1 Å². The lowest BCUT2D eigenvalue weighted by molar-refractivity contribution is -0.133. The topological polar surface area (TPSA) is 32.3 Å². The molecule has 104 valence electrons. The van der Waals surface area contributed by atoms with Gasteiger partial charge in [0, 0.05) is 6.04 Å². The Morgan fingerprint density at radius 3 is 2.33 bits per heavy atom. The van der Waals surface area contributed by atoms with Crippen molar-refractivity contribution in [2.45, 2.75) is 78.0 Å². The minimum Gasteiger partial charge on any atom is -0.323 e. The number of carbonyl (C=O) groups excluding carboxylic acids is 1. The summed E-state index contributed by atoms with van der Waals surface area (Å²) in [6.45, 7) is 8.75. The summed E-state index contributed by atoms with van der Waals surface area (Å²) in [5.74, 6) is 1.37. The van der Waals surface area contributed by atoms with Gasteiger partial charge in [0.05, 0.1) is 12.2 Å². The van der Waals surface area contributed by atoms with Crippen LogP contribution in [0.1, 0.15) is 59.8 Å². The van der Waals surface area contributed by atoms with Gasteiger partial charge < -0.3 is 4.90 Å². The lowest BCUT2D eigenvalue weighted by Crippen LogP contribution is -2.44. The maximum Gasteiger partial charge on any atom is 0.241 e. The SMILES string of the molecule is CC(C)CC1NC(C(C)C)C(=O)N1C1CCCC1. The first-order valence-corrected chi connectivity index (χ1v) is 7.59. The monoisotopic (exact) mass is 252 g/mol. The lowest BCUT2D eigenvalue weighted by atomic mass is 10.0. The number of nitrogens with one attached hydrogen (secondary N) is 1. The van der Waals surface area contributed by atoms with Crippen LogP contribution < -0.4 is 5.32 Å². The van der Waals surface area contributed by atoms with Crippen molar-refractivity contribution < 1.29 is 4.79 Å². The molecule has 2 atom stereocenters. The molecule has 18 heavy (non-hydrogen) atoms. The van der Waals surface area contributed by atoms with E-state index >= 15 is 0 Å². The maximum atomic E-state index is 12.6. The first-order valence-electron chi connectivity index (χ1n) is 7.59. The van der Waals surface area contributed by atoms with E-state index < -0.39 is 0 Å². The van der Waals surface area contributed by atoms with Crippen molar-refractivity contribution in [3.8, 4) is 0 Å². The van der Waals surface area contributed by atoms with Crippen LogP contribution >= 0.6 is 0 Å². The summed E-state index contributed by atoms with van der Waals surface area (Å²) in [4.78, 5) is 14.8. The summed E-state index contributed by atoms with van der Waals surface area (Å²) in [7, 11) is 0. The normalized spacial score (nSPS) is 30.1. The van der Waals surface area contributed by atoms with E-state index in [1.807, 2.05) is 0 Å². The molecule has 3 nitrogen and oxygen atoms in total. The molecule has 1 saturated heterocycles. The van der Waals surface area contributed by atoms with Gasteiger partial charge in [0.1, 0.15) is 0 Å². The Bertz CT molecular complexity index is 295. The molecule has 0 bridgehead atoms. The fourth-order valence-corrected chi connectivity index (χ4v) is 3.40. The Balaban J connectivity index is 2.12. The number of rotatable bonds is 4. The second-order valence-corrected chi connectivity index (χ2v) is 6.72. The molecule has 2 aliphatic rings. The molecule has 0 radical (unpaired) electrons. The molecule has 1 N–H and O–H groups in total. The molecular formula is C15H28N2O. The zero-order chi connectivity index (χ0) is 13.3. The molecule has 2 fully saturated rings. The average Bonchev–Trinajstić information content (AvgIpc) is 2.85. The molecule has 0 aromatic rings. The van der Waals surface area contributed by atoms with Gasteiger partial charge >= 0.3 is 0 Å². The third kappa shape index (κ3) is 2.71. The predicted octanol–water partition coefficient (Wildman–Crippen LogP) is 2.76. The van der Waals surface area contributed by atoms with Crippen molar-refractivity contribution in [3.05, 3.63) is 0 Å². The van der Waals surface area contributed by atoms with Crippen LogP contribution in [0.15, 0.2) is 0 Å². The third-order valence-electron chi connectivity index (χ3n) is 4.31. The van der Waals surface area contributed by atoms with E-state index in [4.69, 9.17) is 0 Å². The van der Waals surface area contributed by atoms with E-state index in [0.29, 0.717) is 23.8 Å². The zero-order valence-corrected chi connectivity index (χ0v) is 12.3. The van der Waals surface area contributed by atoms with Gasteiger partial charge in [0.25, 0.3) is 0 Å². The Kier molecular flexibility index (Phi) is 4.31. The van der Waals surface area contributed by atoms with Crippen LogP contribution in [0.5, 0.6) is 0 Å². The van der Waals surface area contributed by atoms with E-state index in [2.05, 4.69) is 37.9 Å². The van der Waals surface area contributed by atoms with Crippen molar-refractivity contribution in [2.75, 3.05) is 0 Å². The molecule has 1 saturated carbocycles. The first kappa shape index (κ1) is 13.9. The van der Waals surface area contributed by atoms with Crippen LogP contribution in [0.25, 0.3) is 0 Å². The number of amides is 1. The van der Waals surface area contributed by atoms with Crippen molar-refractivity contribution in [1.29, 1.82) is 0 Å². The Morgan fingerprint density at radius 2 is 1.83 bits per heavy atom. The van der Waals surface area contributed by atoms with Crippen LogP contribution in [0.4, 0.5) is 0 Å². The Labute approximate surface area is 111 Å². The van der Waals surface area contributed by atoms with Gasteiger partial charge in [-0.15, -0.1) is 0 Å². The number of hydrogen-bond donors (Lipinski definition) is 1. The second-order valence-electron chi connectivity index (χ2n) is 6.72. The summed E-state index contributed by atoms with van der Waals surface area (Å²) in [5.41, 5.74) is 0. The molecule has 1 amide bonds. The van der Waals surface area contributed by atoms with Gasteiger partial charge in [0.2, 0.25) is 5.91 Å². The van der Waals surface area contributed by atoms with Crippen molar-refractivity contribution in [3.63, 3.8) is 0 Å². The molecule has 1 heterocycles. The summed E-state index contributed by atoms with van der Waals surface area (Å²) < 4.78 is 0. The largest absolute Gasteiger partial charge is 0.323 e. The standard InChI is InChI=1S/C15H28N2O/c1-10(2)9-13-16-14(11(3)4)15(18)17(13)12-7-5-6-8-12/h10-14,16H,5-9H2,1-4H3. The summed E-state index contributed by atoms with van der Waals surface area (Å²) in [6, 6.07) is 0.534. The van der Waals surface area contributed by atoms with E-state index in [9.17, 15) is 4.79 Å². The molecule has 0 aromatic heterocycles. The Morgan fingerprint density at radius 1 is 1.22 bits per heavy atom. The van der Waals surface area contributed by atoms with E-state index in [0.717, 1.165) is 6.42 Å². The van der Waals surface area contributed by atoms with E-state index in [-0.39, 0.29) is 12.2 Å². The molecule has 0 aromatic carbocycles. The minimum absolute atomic E-state index is 0.0364. The molecular weight excluding hydrogens is 224 g/mol. The summed E-state index contributed by atoms with van der Waals surface area (Å²) >= 11 is 0. The highest BCUT2D eigenvalue weighted by Crippen LogP contribution is 2.31. The zero-order valence-electron chi connectivity index (χ0n) is 12.3. The van der Waals surface area contributed by atoms with Crippen molar-refractivity contribution >= 4 is 5.91 Å². The minimum atomic E-state index is 0.0364. The average molecular weight is 252 g/mol. The van der Waals surface area contributed by atoms with Gasteiger partial charge in [-0.05, 0) is 31.1 Å². The molecule has 1 aliphatic carbocycles. The van der Waals surface area contributed by atoms with E-state index in [1.165, 1.54) is 25.7 Å². The fraction of sp³-hybridized carbons (Fsp3) is 0.933. The molecule has 2 rings (SSSR count). The van der Waals surface area contributed by atoms with Gasteiger partial charge in [-0.25, -0.2) is 0 Å². The smallest absolute Gasteiger partial charge is 0.241 e. The van der Waals surface area contributed by atoms with Gasteiger partial charge in [-0.1, -0.05) is 40.5 Å². The number of hydrogen-bond acceptors (Lipinski definition) is 2. The first-order chi connectivity index (χ1) is 8.50. The van der Waals surface area contributed by atoms with Crippen LogP contribution in [-0.2, 0) is 4.79 Å². The lowest BCUT2D eigenvalue weighted by Gasteiger charge is -2.31. The molecule has 1 aliphatic heterocycles. The fourth-order valence-electron chi connectivity index (χ4n) is 3.40. The highest BCUT2D eigenvalue weighted by molar-refractivity contribution is 5.85. The molecule has 0 spiro atoms. The predicted molar refractivity (Wildman–Crippen MR) is 74.1 cm³/mol. The van der Waals surface area contributed by atoms with Gasteiger partial charge in [-0.2, -0.15) is 0 Å². The quantitative estimate of drug-likeness (QED) is 0.834. The number of carbonyl (C=O) groups is 1. The maximum absolute atomic E-state index is 12.6. The van der Waals surface area contributed by atoms with Crippen LogP contribution in [-0.4, -0.2) is 29.1 Å². The van der Waals surface area contributed by atoms with Gasteiger partial charge in [0.15, 0.2) is 0 Å². The van der Waals surface area contributed by atoms with Crippen molar-refractivity contribution in [2.24, 2.45) is 11.8 Å². The summed E-state index contributed by atoms with van der Waals surface area (Å²) in [6.07, 6.45) is 6.32. The van der Waals surface area contributed by atoms with Crippen molar-refractivity contribution in [1.82, 2.24) is 10.2 Å². The third-order valence-corrected chi connectivity index (χ3v) is 4.31. The highest BCUT2D eigenvalue weighted by atomic mass is 16.2. The van der Waals surface area contributed by atoms with Crippen LogP contribution in [0.3, 0.4) is 0 Å². The van der Waals surface area contributed by atoms with Crippen LogP contribution in [0.2, 0.25) is 0 Å². The van der Waals surface area contributed by atoms with E-state index in [1.54, 1.807) is 0 Å². The molecule has 3 heteroatoms. The number of nitrogens with zero attached hydrogens (tertiary/aromatic N) is 1. The Hall–Kier alpha value is -0.570. The molecule has 2 unspecified atom stereocenters. The second kappa shape index (κ2) is 5.60.